The van der Waals surface area contributed by atoms with Crippen LogP contribution in [0.2, 0.25) is 0 Å². The first-order valence-corrected chi connectivity index (χ1v) is 9.64. The maximum absolute atomic E-state index is 6.38. The van der Waals surface area contributed by atoms with Gasteiger partial charge in [0.05, 0.1) is 5.50 Å². The van der Waals surface area contributed by atoms with Gasteiger partial charge in [-0.05, 0) is 90.9 Å². The van der Waals surface area contributed by atoms with Crippen LogP contribution in [0.1, 0.15) is 45.9 Å². The van der Waals surface area contributed by atoms with Crippen LogP contribution in [0.3, 0.4) is 0 Å². The lowest BCUT2D eigenvalue weighted by Gasteiger charge is -2.32. The molecule has 27 heavy (non-hydrogen) atoms. The maximum Gasteiger partial charge on any atom is 0.137 e. The van der Waals surface area contributed by atoms with E-state index in [9.17, 15) is 0 Å². The van der Waals surface area contributed by atoms with Crippen LogP contribution in [0.5, 0.6) is 5.75 Å². The highest BCUT2D eigenvalue weighted by molar-refractivity contribution is 6.18. The van der Waals surface area contributed by atoms with E-state index in [0.29, 0.717) is 0 Å². The van der Waals surface area contributed by atoms with Gasteiger partial charge >= 0.3 is 0 Å². The number of hydrogen-bond donors (Lipinski definition) is 0. The van der Waals surface area contributed by atoms with Gasteiger partial charge in [-0.3, -0.25) is 0 Å². The molecule has 1 atom stereocenters. The molecule has 2 aliphatic rings. The monoisotopic (exact) mass is 350 g/mol. The zero-order valence-electron chi connectivity index (χ0n) is 16.7. The van der Waals surface area contributed by atoms with E-state index < -0.39 is 5.50 Å². The lowest BCUT2D eigenvalue weighted by Crippen LogP contribution is -2.32. The average Bonchev–Trinajstić information content (AvgIpc) is 3.02. The van der Waals surface area contributed by atoms with Gasteiger partial charge in [0, 0.05) is 10.9 Å². The molecule has 5 rings (SSSR count). The van der Waals surface area contributed by atoms with Crippen molar-refractivity contribution in [1.82, 2.24) is 0 Å². The van der Waals surface area contributed by atoms with E-state index >= 15 is 0 Å². The molecule has 0 bridgehead atoms. The van der Waals surface area contributed by atoms with Gasteiger partial charge in [0.25, 0.3) is 0 Å². The molecule has 0 spiro atoms. The molecule has 1 aliphatic carbocycles. The third-order valence-electron chi connectivity index (χ3n) is 6.59. The van der Waals surface area contributed by atoms with E-state index in [1.54, 1.807) is 0 Å². The summed E-state index contributed by atoms with van der Waals surface area (Å²) < 4.78 is 6.38. The molecule has 3 aromatic carbocycles. The summed E-state index contributed by atoms with van der Waals surface area (Å²) in [6, 6.07) is 8.79. The van der Waals surface area contributed by atoms with Crippen LogP contribution in [-0.4, -0.2) is 13.3 Å². The fraction of sp³-hybridized carbons (Fsp3) is 0.280. The molecule has 132 valence electrons. The number of aryl methyl sites for hydroxylation is 2. The molecule has 1 unspecified atom stereocenters. The van der Waals surface area contributed by atoms with Crippen LogP contribution in [-0.2, 0) is 6.42 Å². The van der Waals surface area contributed by atoms with Crippen LogP contribution in [0.25, 0.3) is 28.0 Å². The SMILES string of the molecule is [B]C1(C)C=Cc2c3c(c4c(C)c(C)c(C)c(C)c4c2O1)-c1ccccc1C3. The van der Waals surface area contributed by atoms with Crippen molar-refractivity contribution >= 4 is 24.7 Å². The van der Waals surface area contributed by atoms with Crippen molar-refractivity contribution in [3.05, 3.63) is 69.3 Å². The standard InChI is InChI=1S/C25H23BO/c1-13-14(2)16(4)22-21(15(13)3)23-18-9-7-6-8-17(18)12-20(23)19-10-11-25(5,26)27-24(19)22/h6-11H,12H2,1-5H3. The summed E-state index contributed by atoms with van der Waals surface area (Å²) in [5.74, 6) is 0.952. The minimum atomic E-state index is -0.779. The summed E-state index contributed by atoms with van der Waals surface area (Å²) in [6.07, 6.45) is 5.10. The largest absolute Gasteiger partial charge is 0.492 e. The minimum Gasteiger partial charge on any atom is -0.492 e. The van der Waals surface area contributed by atoms with Crippen molar-refractivity contribution < 1.29 is 4.74 Å². The molecule has 0 saturated carbocycles. The van der Waals surface area contributed by atoms with E-state index in [1.165, 1.54) is 60.8 Å². The van der Waals surface area contributed by atoms with Gasteiger partial charge in [-0.1, -0.05) is 36.4 Å². The Balaban J connectivity index is 2.05. The fourth-order valence-electron chi connectivity index (χ4n) is 4.84. The van der Waals surface area contributed by atoms with E-state index in [0.717, 1.165) is 12.2 Å². The van der Waals surface area contributed by atoms with Gasteiger partial charge in [0.2, 0.25) is 0 Å². The molecule has 2 heteroatoms. The van der Waals surface area contributed by atoms with Crippen molar-refractivity contribution in [3.63, 3.8) is 0 Å². The Morgan fingerprint density at radius 2 is 1.59 bits per heavy atom. The molecule has 2 radical (unpaired) electrons. The van der Waals surface area contributed by atoms with Crippen LogP contribution < -0.4 is 4.74 Å². The Morgan fingerprint density at radius 3 is 2.33 bits per heavy atom. The van der Waals surface area contributed by atoms with Gasteiger partial charge in [-0.2, -0.15) is 0 Å². The number of hydrogen-bond acceptors (Lipinski definition) is 1. The summed E-state index contributed by atoms with van der Waals surface area (Å²) in [5, 5.41) is 2.56. The second-order valence-electron chi connectivity index (χ2n) is 8.30. The smallest absolute Gasteiger partial charge is 0.137 e. The molecule has 0 N–H and O–H groups in total. The first-order chi connectivity index (χ1) is 12.8. The topological polar surface area (TPSA) is 9.23 Å². The van der Waals surface area contributed by atoms with Gasteiger partial charge < -0.3 is 4.74 Å². The lowest BCUT2D eigenvalue weighted by atomic mass is 9.78. The Bertz CT molecular complexity index is 1180. The number of ether oxygens (including phenoxy) is 1. The van der Waals surface area contributed by atoms with E-state index in [2.05, 4.69) is 58.0 Å². The van der Waals surface area contributed by atoms with Gasteiger partial charge in [0.1, 0.15) is 13.6 Å². The van der Waals surface area contributed by atoms with Crippen LogP contribution in [0, 0.1) is 27.7 Å². The second-order valence-corrected chi connectivity index (χ2v) is 8.30. The molecule has 3 aromatic rings. The Hall–Kier alpha value is -2.48. The number of benzene rings is 3. The van der Waals surface area contributed by atoms with Crippen LogP contribution >= 0.6 is 0 Å². The van der Waals surface area contributed by atoms with Crippen molar-refractivity contribution in [2.24, 2.45) is 0 Å². The van der Waals surface area contributed by atoms with Crippen LogP contribution in [0.15, 0.2) is 30.3 Å². The van der Waals surface area contributed by atoms with E-state index in [1.807, 2.05) is 13.0 Å². The zero-order valence-corrected chi connectivity index (χ0v) is 16.7. The Kier molecular flexibility index (Phi) is 3.26. The summed E-state index contributed by atoms with van der Waals surface area (Å²) in [5.41, 5.74) is 11.3. The quantitative estimate of drug-likeness (QED) is 0.357. The van der Waals surface area contributed by atoms with Crippen molar-refractivity contribution in [3.8, 4) is 16.9 Å². The predicted molar refractivity (Wildman–Crippen MR) is 115 cm³/mol. The molecule has 0 aromatic heterocycles. The van der Waals surface area contributed by atoms with Crippen molar-refractivity contribution in [2.75, 3.05) is 0 Å². The molecule has 1 nitrogen and oxygen atoms in total. The molecule has 1 heterocycles. The summed E-state index contributed by atoms with van der Waals surface area (Å²) in [4.78, 5) is 0. The van der Waals surface area contributed by atoms with Crippen molar-refractivity contribution in [2.45, 2.75) is 46.5 Å². The molecular formula is C25H23BO. The third-order valence-corrected chi connectivity index (χ3v) is 6.59. The van der Waals surface area contributed by atoms with E-state index in [-0.39, 0.29) is 0 Å². The van der Waals surface area contributed by atoms with Crippen molar-refractivity contribution in [1.29, 1.82) is 0 Å². The molecular weight excluding hydrogens is 327 g/mol. The minimum absolute atomic E-state index is 0.779. The normalized spacial score (nSPS) is 19.6. The molecule has 0 saturated heterocycles. The Labute approximate surface area is 162 Å². The maximum atomic E-state index is 6.38. The summed E-state index contributed by atoms with van der Waals surface area (Å²) in [7, 11) is 6.36. The van der Waals surface area contributed by atoms with Gasteiger partial charge in [0.15, 0.2) is 0 Å². The first-order valence-electron chi connectivity index (χ1n) is 9.64. The molecule has 0 fully saturated rings. The van der Waals surface area contributed by atoms with E-state index in [4.69, 9.17) is 12.6 Å². The highest BCUT2D eigenvalue weighted by Crippen LogP contribution is 2.52. The Morgan fingerprint density at radius 1 is 0.926 bits per heavy atom. The van der Waals surface area contributed by atoms with Gasteiger partial charge in [-0.15, -0.1) is 0 Å². The number of rotatable bonds is 0. The second kappa shape index (κ2) is 5.28. The zero-order chi connectivity index (χ0) is 19.1. The summed E-state index contributed by atoms with van der Waals surface area (Å²) >= 11 is 0. The van der Waals surface area contributed by atoms with Crippen LogP contribution in [0.4, 0.5) is 0 Å². The summed E-state index contributed by atoms with van der Waals surface area (Å²) in [6.45, 7) is 10.8. The molecule has 0 amide bonds. The highest BCUT2D eigenvalue weighted by Gasteiger charge is 2.32. The highest BCUT2D eigenvalue weighted by atomic mass is 16.5. The third kappa shape index (κ3) is 2.13. The first kappa shape index (κ1) is 16.7. The number of fused-ring (bicyclic) bond motifs is 8. The lowest BCUT2D eigenvalue weighted by molar-refractivity contribution is 0.227. The average molecular weight is 350 g/mol. The molecule has 1 aliphatic heterocycles. The fourth-order valence-corrected chi connectivity index (χ4v) is 4.84. The van der Waals surface area contributed by atoms with Gasteiger partial charge in [-0.25, -0.2) is 0 Å². The predicted octanol–water partition coefficient (Wildman–Crippen LogP) is 5.93.